The summed E-state index contributed by atoms with van der Waals surface area (Å²) in [5, 5.41) is 2.05. The smallest absolute Gasteiger partial charge is 0.268 e. The molecule has 0 amide bonds. The molecule has 10 rings (SSSR count). The number of pyridine rings is 1. The van der Waals surface area contributed by atoms with Gasteiger partial charge in [-0.1, -0.05) is 170 Å². The van der Waals surface area contributed by atoms with Gasteiger partial charge in [0.2, 0.25) is 0 Å². The molecule has 0 spiro atoms. The number of ether oxygens (including phenoxy) is 1. The summed E-state index contributed by atoms with van der Waals surface area (Å²) < 4.78 is 81.7. The minimum Gasteiger partial charge on any atom is -0.510 e. The Hall–Kier alpha value is -6.55. The molecule has 67 heavy (non-hydrogen) atoms. The second-order valence-electron chi connectivity index (χ2n) is 20.1. The number of imidazole rings is 1. The van der Waals surface area contributed by atoms with E-state index in [-0.39, 0.29) is 55.1 Å². The van der Waals surface area contributed by atoms with Gasteiger partial charge in [0.15, 0.2) is 0 Å². The molecule has 0 saturated carbocycles. The van der Waals surface area contributed by atoms with Gasteiger partial charge in [0.25, 0.3) is 6.33 Å². The fraction of sp³-hybridized carbons (Fsp3) is 0.213. The molecule has 5 nitrogen and oxygen atoms in total. The maximum atomic E-state index is 8.93. The number of benzene rings is 7. The first-order valence-electron chi connectivity index (χ1n) is 26.3. The van der Waals surface area contributed by atoms with E-state index in [1.807, 2.05) is 82.1 Å². The first kappa shape index (κ1) is 36.6. The summed E-state index contributed by atoms with van der Waals surface area (Å²) in [5.74, 6) is 1.60. The molecule has 3 aromatic heterocycles. The van der Waals surface area contributed by atoms with E-state index in [2.05, 4.69) is 116 Å². The van der Waals surface area contributed by atoms with E-state index < -0.39 is 30.4 Å². The van der Waals surface area contributed by atoms with Gasteiger partial charge in [-0.3, -0.25) is 4.57 Å². The van der Waals surface area contributed by atoms with Crippen LogP contribution in [0, 0.1) is 25.3 Å². The Morgan fingerprint density at radius 1 is 0.627 bits per heavy atom. The van der Waals surface area contributed by atoms with Crippen molar-refractivity contribution in [2.24, 2.45) is 0 Å². The summed E-state index contributed by atoms with van der Waals surface area (Å²) in [6, 6.07) is 44.0. The average Bonchev–Trinajstić information content (AvgIpc) is 3.89. The van der Waals surface area contributed by atoms with Gasteiger partial charge in [-0.2, -0.15) is 18.2 Å². The van der Waals surface area contributed by atoms with Gasteiger partial charge in [0, 0.05) is 48.4 Å². The topological polar surface area (TPSA) is 35.9 Å². The number of para-hydroxylation sites is 1. The number of hydrogen-bond acceptors (Lipinski definition) is 2. The van der Waals surface area contributed by atoms with Crippen molar-refractivity contribution >= 4 is 32.8 Å². The third-order valence-electron chi connectivity index (χ3n) is 12.2. The van der Waals surface area contributed by atoms with E-state index >= 15 is 0 Å². The van der Waals surface area contributed by atoms with Crippen molar-refractivity contribution in [3.63, 3.8) is 0 Å². The van der Waals surface area contributed by atoms with E-state index in [0.29, 0.717) is 45.0 Å². The van der Waals surface area contributed by atoms with Crippen LogP contribution >= 0.6 is 0 Å². The Balaban J connectivity index is 0.00000689. The average molecular weight is 1060 g/mol. The maximum absolute atomic E-state index is 8.93. The van der Waals surface area contributed by atoms with Gasteiger partial charge in [-0.05, 0) is 97.4 Å². The van der Waals surface area contributed by atoms with E-state index in [9.17, 15) is 0 Å². The van der Waals surface area contributed by atoms with E-state index in [0.717, 1.165) is 49.9 Å². The van der Waals surface area contributed by atoms with Crippen LogP contribution in [-0.2, 0) is 37.3 Å². The van der Waals surface area contributed by atoms with Crippen LogP contribution in [0.15, 0.2) is 158 Å². The van der Waals surface area contributed by atoms with Crippen molar-refractivity contribution in [2.75, 3.05) is 0 Å². The van der Waals surface area contributed by atoms with Crippen molar-refractivity contribution in [2.45, 2.75) is 85.4 Å². The normalized spacial score (nSPS) is 14.1. The quantitative estimate of drug-likeness (QED) is 0.118. The molecule has 0 N–H and O–H groups in total. The van der Waals surface area contributed by atoms with Crippen LogP contribution < -0.4 is 9.30 Å². The Morgan fingerprint density at radius 2 is 1.37 bits per heavy atom. The molecule has 7 aromatic carbocycles. The Kier molecular flexibility index (Phi) is 9.42. The van der Waals surface area contributed by atoms with Gasteiger partial charge in [0.05, 0.1) is 23.6 Å². The van der Waals surface area contributed by atoms with Crippen LogP contribution in [0.2, 0.25) is 0 Å². The zero-order valence-electron chi connectivity index (χ0n) is 47.1. The monoisotopic (exact) mass is 1060 g/mol. The van der Waals surface area contributed by atoms with Gasteiger partial charge in [0.1, 0.15) is 5.82 Å². The molecule has 0 fully saturated rings. The molecule has 338 valence electrons. The molecular formula is C61H56N4OPt-2. The largest absolute Gasteiger partial charge is 0.510 e. The molecule has 0 radical (unpaired) electrons. The number of rotatable bonds is 7. The predicted octanol–water partition coefficient (Wildman–Crippen LogP) is 15.1. The maximum Gasteiger partial charge on any atom is 0.268 e. The SMILES string of the molecule is [2H]c1c([2H])c([2H])c(-c2ccc3c(c2)n(-c2[c-]c(Oc4[c-]c5c(cc4)c4ccccc4n5-c4cc(C(C)(C)C)ccn4)ccc2)[c-][n+]3-c2c(-c3cccc(C(C)(C)C)c3)cc(C([2H])([2H])[2H])cc2C(C)(C)C)c([2H])c1[2H].[Pt]. The van der Waals surface area contributed by atoms with Gasteiger partial charge in [-0.25, -0.2) is 4.98 Å². The van der Waals surface area contributed by atoms with Crippen LogP contribution in [0.1, 0.15) is 95.5 Å². The molecule has 0 atom stereocenters. The molecule has 0 aliphatic carbocycles. The summed E-state index contributed by atoms with van der Waals surface area (Å²) in [4.78, 5) is 4.84. The summed E-state index contributed by atoms with van der Waals surface area (Å²) in [5.41, 5.74) is 8.52. The van der Waals surface area contributed by atoms with Gasteiger partial charge < -0.3 is 13.9 Å². The fourth-order valence-corrected chi connectivity index (χ4v) is 8.75. The Morgan fingerprint density at radius 3 is 2.13 bits per heavy atom. The Labute approximate surface area is 421 Å². The molecule has 3 heterocycles. The molecule has 0 aliphatic heterocycles. The minimum absolute atomic E-state index is 0. The summed E-state index contributed by atoms with van der Waals surface area (Å²) in [7, 11) is 0. The molecule has 0 saturated heterocycles. The van der Waals surface area contributed by atoms with Crippen molar-refractivity contribution in [3.8, 4) is 50.9 Å². The standard InChI is InChI=1S/C61H56N4O.Pt/c1-40-32-51(43-20-16-21-44(34-43)59(2,3)4)58(52(33-40)61(8,9)10)64-39-63(56-35-42(26-29-54(56)64)41-18-12-11-13-19-41)46-22-17-23-47(37-46)66-48-27-28-50-49-24-14-15-25-53(49)65(55(50)38-48)57-36-45(30-31-62-57)60(5,6)7;/h11-36H,1-10H3;/q-2;/i1D3,11D,12D,13D,18D,19D;. The molecular weight excluding hydrogens is 1000 g/mol. The second-order valence-corrected chi connectivity index (χ2v) is 20.1. The van der Waals surface area contributed by atoms with E-state index in [4.69, 9.17) is 20.7 Å². The van der Waals surface area contributed by atoms with Crippen LogP contribution in [0.4, 0.5) is 0 Å². The molecule has 0 aliphatic rings. The number of fused-ring (bicyclic) bond motifs is 4. The van der Waals surface area contributed by atoms with Crippen LogP contribution in [0.3, 0.4) is 0 Å². The Bertz CT molecular complexity index is 3860. The summed E-state index contributed by atoms with van der Waals surface area (Å²) in [6.07, 6.45) is 5.49. The zero-order chi connectivity index (χ0) is 53.0. The van der Waals surface area contributed by atoms with Crippen molar-refractivity contribution in [1.29, 1.82) is 0 Å². The molecule has 10 aromatic rings. The number of nitrogens with zero attached hydrogens (tertiary/aromatic N) is 4. The zero-order valence-corrected chi connectivity index (χ0v) is 41.4. The van der Waals surface area contributed by atoms with Crippen LogP contribution in [0.25, 0.3) is 72.3 Å². The number of hydrogen-bond donors (Lipinski definition) is 0. The van der Waals surface area contributed by atoms with Crippen molar-refractivity contribution < 1.29 is 41.3 Å². The van der Waals surface area contributed by atoms with Gasteiger partial charge >= 0.3 is 0 Å². The van der Waals surface area contributed by atoms with Crippen LogP contribution in [-0.4, -0.2) is 14.1 Å². The number of aryl methyl sites for hydroxylation is 1. The summed E-state index contributed by atoms with van der Waals surface area (Å²) in [6.45, 7) is 16.7. The minimum atomic E-state index is -2.42. The molecule has 0 bridgehead atoms. The van der Waals surface area contributed by atoms with Crippen molar-refractivity contribution in [3.05, 3.63) is 198 Å². The molecule has 0 unspecified atom stereocenters. The third kappa shape index (κ3) is 8.67. The molecule has 6 heteroatoms. The second kappa shape index (κ2) is 17.3. The number of aromatic nitrogens is 4. The predicted molar refractivity (Wildman–Crippen MR) is 272 cm³/mol. The van der Waals surface area contributed by atoms with Crippen molar-refractivity contribution in [1.82, 2.24) is 14.1 Å². The van der Waals surface area contributed by atoms with Gasteiger partial charge in [-0.15, -0.1) is 29.7 Å². The first-order chi connectivity index (χ1) is 34.8. The van der Waals surface area contributed by atoms with Crippen LogP contribution in [0.5, 0.6) is 11.5 Å². The third-order valence-corrected chi connectivity index (χ3v) is 12.2. The van der Waals surface area contributed by atoms with E-state index in [1.165, 1.54) is 0 Å². The van der Waals surface area contributed by atoms with E-state index in [1.54, 1.807) is 24.3 Å². The summed E-state index contributed by atoms with van der Waals surface area (Å²) >= 11 is 0. The fourth-order valence-electron chi connectivity index (χ4n) is 8.75. The first-order valence-corrected chi connectivity index (χ1v) is 22.3.